The van der Waals surface area contributed by atoms with E-state index in [-0.39, 0.29) is 30.6 Å². The number of likely N-dealkylation sites (N-methyl/N-ethyl adjacent to an activating group) is 1. The fourth-order valence-corrected chi connectivity index (χ4v) is 4.30. The van der Waals surface area contributed by atoms with Crippen LogP contribution in [0.15, 0.2) is 36.4 Å². The Kier molecular flexibility index (Phi) is 6.43. The highest BCUT2D eigenvalue weighted by molar-refractivity contribution is 6.35. The molecule has 0 aromatic heterocycles. The normalized spacial score (nSPS) is 16.5. The lowest BCUT2D eigenvalue weighted by atomic mass is 9.84. The van der Waals surface area contributed by atoms with Gasteiger partial charge in [0.05, 0.1) is 5.69 Å². The number of benzene rings is 2. The fraction of sp³-hybridized carbons (Fsp3) is 0.364. The van der Waals surface area contributed by atoms with Crippen LogP contribution in [0.4, 0.5) is 5.69 Å². The van der Waals surface area contributed by atoms with Gasteiger partial charge >= 0.3 is 0 Å². The van der Waals surface area contributed by atoms with Gasteiger partial charge < -0.3 is 4.90 Å². The van der Waals surface area contributed by atoms with Crippen LogP contribution in [0.1, 0.15) is 49.3 Å². The molecule has 1 heterocycles. The third-order valence-corrected chi connectivity index (χ3v) is 5.71. The molecule has 0 saturated heterocycles. The molecule has 6 heteroatoms. The number of hydrogen-bond acceptors (Lipinski definition) is 3. The van der Waals surface area contributed by atoms with Gasteiger partial charge in [-0.1, -0.05) is 49.2 Å². The number of nitrogens with zero attached hydrogens (tertiary/aromatic N) is 2. The Bertz CT molecular complexity index is 880. The van der Waals surface area contributed by atoms with Gasteiger partial charge in [-0.05, 0) is 48.0 Å². The molecule has 0 aliphatic carbocycles. The highest BCUT2D eigenvalue weighted by Crippen LogP contribution is 2.38. The van der Waals surface area contributed by atoms with E-state index in [4.69, 9.17) is 23.2 Å². The molecule has 0 saturated carbocycles. The summed E-state index contributed by atoms with van der Waals surface area (Å²) >= 11 is 12.7. The largest absolute Gasteiger partial charge is 0.301 e. The predicted molar refractivity (Wildman–Crippen MR) is 114 cm³/mol. The lowest BCUT2D eigenvalue weighted by Crippen LogP contribution is -2.36. The monoisotopic (exact) mass is 418 g/mol. The summed E-state index contributed by atoms with van der Waals surface area (Å²) in [6.07, 6.45) is 0.566. The zero-order valence-electron chi connectivity index (χ0n) is 16.3. The second-order valence-corrected chi connectivity index (χ2v) is 7.97. The fourth-order valence-electron chi connectivity index (χ4n) is 3.73. The lowest BCUT2D eigenvalue weighted by molar-refractivity contribution is -0.126. The number of hydrogen-bond donors (Lipinski definition) is 0. The minimum atomic E-state index is -0.194. The Labute approximate surface area is 176 Å². The van der Waals surface area contributed by atoms with Gasteiger partial charge in [0.1, 0.15) is 0 Å². The Hall–Kier alpha value is -1.88. The average Bonchev–Trinajstić information content (AvgIpc) is 2.68. The molecule has 0 bridgehead atoms. The Balaban J connectivity index is 1.98. The maximum atomic E-state index is 12.3. The number of carbonyl (C=O) groups excluding carboxylic acids is 2. The summed E-state index contributed by atoms with van der Waals surface area (Å²) in [5.41, 5.74) is 3.94. The van der Waals surface area contributed by atoms with E-state index >= 15 is 0 Å². The van der Waals surface area contributed by atoms with Crippen molar-refractivity contribution in [2.45, 2.75) is 39.2 Å². The molecule has 0 N–H and O–H groups in total. The molecule has 1 atom stereocenters. The summed E-state index contributed by atoms with van der Waals surface area (Å²) in [6, 6.07) is 11.4. The molecule has 1 aliphatic heterocycles. The molecule has 1 aliphatic rings. The molecule has 0 radical (unpaired) electrons. The maximum absolute atomic E-state index is 12.3. The van der Waals surface area contributed by atoms with E-state index in [9.17, 15) is 9.59 Å². The number of carbonyl (C=O) groups is 2. The summed E-state index contributed by atoms with van der Waals surface area (Å²) in [6.45, 7) is 5.14. The molecule has 3 rings (SSSR count). The van der Waals surface area contributed by atoms with Crippen molar-refractivity contribution in [3.8, 4) is 0 Å². The van der Waals surface area contributed by atoms with Gasteiger partial charge in [-0.2, -0.15) is 0 Å². The van der Waals surface area contributed by atoms with Crippen LogP contribution >= 0.6 is 23.2 Å². The molecular weight excluding hydrogens is 395 g/mol. The topological polar surface area (TPSA) is 40.6 Å². The molecule has 28 heavy (non-hydrogen) atoms. The number of halogens is 2. The summed E-state index contributed by atoms with van der Waals surface area (Å²) in [4.78, 5) is 28.0. The molecule has 0 spiro atoms. The van der Waals surface area contributed by atoms with Gasteiger partial charge in [-0.3, -0.25) is 14.5 Å². The van der Waals surface area contributed by atoms with Crippen LogP contribution in [0.2, 0.25) is 10.0 Å². The van der Waals surface area contributed by atoms with Crippen LogP contribution in [-0.4, -0.2) is 30.3 Å². The van der Waals surface area contributed by atoms with E-state index in [0.717, 1.165) is 29.8 Å². The Morgan fingerprint density at radius 2 is 1.68 bits per heavy atom. The second kappa shape index (κ2) is 8.64. The van der Waals surface area contributed by atoms with E-state index < -0.39 is 0 Å². The van der Waals surface area contributed by atoms with Crippen LogP contribution in [0.3, 0.4) is 0 Å². The summed E-state index contributed by atoms with van der Waals surface area (Å²) < 4.78 is 0. The molecule has 148 valence electrons. The van der Waals surface area contributed by atoms with E-state index in [2.05, 4.69) is 11.9 Å². The smallest absolute Gasteiger partial charge is 0.233 e. The third kappa shape index (κ3) is 4.09. The van der Waals surface area contributed by atoms with Crippen LogP contribution in [0.25, 0.3) is 0 Å². The first kappa shape index (κ1) is 20.8. The van der Waals surface area contributed by atoms with Crippen LogP contribution < -0.4 is 4.90 Å². The number of imide groups is 1. The minimum absolute atomic E-state index is 0.121. The highest BCUT2D eigenvalue weighted by atomic mass is 35.5. The summed E-state index contributed by atoms with van der Waals surface area (Å²) in [7, 11) is 2.07. The van der Waals surface area contributed by atoms with Crippen LogP contribution in [0, 0.1) is 0 Å². The van der Waals surface area contributed by atoms with Crippen LogP contribution in [-0.2, 0) is 16.1 Å². The molecule has 2 amide bonds. The summed E-state index contributed by atoms with van der Waals surface area (Å²) in [5, 5.41) is 1.31. The van der Waals surface area contributed by atoms with E-state index in [1.807, 2.05) is 30.3 Å². The standard InChI is InChI=1S/C22H24Cl2N2O2/c1-4-21(27)26(22(28)5-2)16-8-6-14(7-9-16)18-12-25(3)13-19-17(18)10-15(23)11-20(19)24/h6-11,18H,4-5,12-13H2,1-3H3. The van der Waals surface area contributed by atoms with Crippen molar-refractivity contribution in [1.29, 1.82) is 0 Å². The van der Waals surface area contributed by atoms with Crippen molar-refractivity contribution < 1.29 is 9.59 Å². The molecule has 4 nitrogen and oxygen atoms in total. The summed E-state index contributed by atoms with van der Waals surface area (Å²) in [5.74, 6) is -0.266. The third-order valence-electron chi connectivity index (χ3n) is 5.15. The van der Waals surface area contributed by atoms with Crippen molar-refractivity contribution in [2.24, 2.45) is 0 Å². The van der Waals surface area contributed by atoms with Crippen molar-refractivity contribution in [3.63, 3.8) is 0 Å². The van der Waals surface area contributed by atoms with Gasteiger partial charge in [-0.25, -0.2) is 0 Å². The van der Waals surface area contributed by atoms with Gasteiger partial charge in [0.15, 0.2) is 0 Å². The van der Waals surface area contributed by atoms with E-state index in [0.29, 0.717) is 15.7 Å². The van der Waals surface area contributed by atoms with Crippen molar-refractivity contribution in [1.82, 2.24) is 4.90 Å². The highest BCUT2D eigenvalue weighted by Gasteiger charge is 2.27. The number of fused-ring (bicyclic) bond motifs is 1. The van der Waals surface area contributed by atoms with Crippen LogP contribution in [0.5, 0.6) is 0 Å². The zero-order chi connectivity index (χ0) is 20.4. The van der Waals surface area contributed by atoms with Gasteiger partial charge in [-0.15, -0.1) is 0 Å². The van der Waals surface area contributed by atoms with Crippen molar-refractivity contribution in [2.75, 3.05) is 18.5 Å². The molecule has 0 fully saturated rings. The predicted octanol–water partition coefficient (Wildman–Crippen LogP) is 5.25. The Morgan fingerprint density at radius 1 is 1.07 bits per heavy atom. The minimum Gasteiger partial charge on any atom is -0.301 e. The second-order valence-electron chi connectivity index (χ2n) is 7.13. The lowest BCUT2D eigenvalue weighted by Gasteiger charge is -2.33. The zero-order valence-corrected chi connectivity index (χ0v) is 17.8. The first-order valence-electron chi connectivity index (χ1n) is 9.47. The number of rotatable bonds is 4. The Morgan fingerprint density at radius 3 is 2.25 bits per heavy atom. The molecule has 2 aromatic rings. The first-order valence-corrected chi connectivity index (χ1v) is 10.2. The first-order chi connectivity index (χ1) is 13.3. The van der Waals surface area contributed by atoms with Crippen molar-refractivity contribution in [3.05, 3.63) is 63.1 Å². The average molecular weight is 419 g/mol. The van der Waals surface area contributed by atoms with E-state index in [1.165, 1.54) is 4.90 Å². The SMILES string of the molecule is CCC(=O)N(C(=O)CC)c1ccc(C2CN(C)Cc3c(Cl)cc(Cl)cc32)cc1. The van der Waals surface area contributed by atoms with Crippen molar-refractivity contribution >= 4 is 40.7 Å². The number of amides is 2. The number of anilines is 1. The molecular formula is C22H24Cl2N2O2. The quantitative estimate of drug-likeness (QED) is 0.680. The van der Waals surface area contributed by atoms with Gasteiger partial charge in [0, 0.05) is 41.9 Å². The molecule has 2 aromatic carbocycles. The van der Waals surface area contributed by atoms with Gasteiger partial charge in [0.25, 0.3) is 0 Å². The molecule has 1 unspecified atom stereocenters. The van der Waals surface area contributed by atoms with E-state index in [1.54, 1.807) is 19.9 Å². The van der Waals surface area contributed by atoms with Gasteiger partial charge in [0.2, 0.25) is 11.8 Å². The maximum Gasteiger partial charge on any atom is 0.233 e.